The van der Waals surface area contributed by atoms with E-state index in [0.29, 0.717) is 12.3 Å². The van der Waals surface area contributed by atoms with Crippen molar-refractivity contribution in [2.24, 2.45) is 11.8 Å². The number of nitrogens with zero attached hydrogens (tertiary/aromatic N) is 1. The molecule has 1 aromatic carbocycles. The number of halogens is 1. The van der Waals surface area contributed by atoms with Gasteiger partial charge in [-0.15, -0.1) is 0 Å². The Balaban J connectivity index is 1.50. The number of hydrogen-bond acceptors (Lipinski definition) is 2. The van der Waals surface area contributed by atoms with Crippen molar-refractivity contribution in [3.8, 4) is 0 Å². The minimum absolute atomic E-state index is 0.304. The third kappa shape index (κ3) is 3.78. The zero-order valence-electron chi connectivity index (χ0n) is 12.4. The van der Waals surface area contributed by atoms with E-state index in [0.717, 1.165) is 62.3 Å². The van der Waals surface area contributed by atoms with E-state index in [9.17, 15) is 4.79 Å². The molecule has 1 amide bonds. The molecule has 2 aliphatic heterocycles. The molecule has 2 saturated heterocycles. The van der Waals surface area contributed by atoms with Crippen molar-refractivity contribution in [3.05, 3.63) is 34.9 Å². The topological polar surface area (TPSA) is 32.3 Å². The van der Waals surface area contributed by atoms with Crippen molar-refractivity contribution >= 4 is 17.5 Å². The number of rotatable bonds is 3. The fourth-order valence-electron chi connectivity index (χ4n) is 3.53. The Kier molecular flexibility index (Phi) is 4.81. The molecule has 21 heavy (non-hydrogen) atoms. The number of aryl methyl sites for hydroxylation is 1. The zero-order valence-corrected chi connectivity index (χ0v) is 13.1. The Bertz CT molecular complexity index is 474. The van der Waals surface area contributed by atoms with E-state index in [4.69, 9.17) is 11.6 Å². The lowest BCUT2D eigenvalue weighted by Crippen LogP contribution is -2.32. The largest absolute Gasteiger partial charge is 0.343 e. The first kappa shape index (κ1) is 14.9. The van der Waals surface area contributed by atoms with Crippen LogP contribution in [0.15, 0.2) is 24.3 Å². The number of benzene rings is 1. The summed E-state index contributed by atoms with van der Waals surface area (Å²) in [6.45, 7) is 4.14. The van der Waals surface area contributed by atoms with Gasteiger partial charge in [-0.05, 0) is 61.9 Å². The molecule has 1 aromatic rings. The number of carbonyl (C=O) groups excluding carboxylic acids is 1. The second-order valence-electron chi connectivity index (χ2n) is 6.26. The number of nitrogens with one attached hydrogen (secondary N) is 1. The molecule has 0 saturated carbocycles. The van der Waals surface area contributed by atoms with E-state index in [1.54, 1.807) is 0 Å². The molecule has 0 unspecified atom stereocenters. The molecule has 0 radical (unpaired) electrons. The van der Waals surface area contributed by atoms with Crippen LogP contribution in [0.2, 0.25) is 5.02 Å². The first-order valence-electron chi connectivity index (χ1n) is 7.95. The van der Waals surface area contributed by atoms with Crippen molar-refractivity contribution in [1.29, 1.82) is 0 Å². The molecule has 3 nitrogen and oxygen atoms in total. The van der Waals surface area contributed by atoms with Crippen LogP contribution in [0, 0.1) is 11.8 Å². The second kappa shape index (κ2) is 6.80. The summed E-state index contributed by atoms with van der Waals surface area (Å²) in [7, 11) is 0. The van der Waals surface area contributed by atoms with Crippen LogP contribution in [0.1, 0.15) is 24.8 Å². The number of hydrogen-bond donors (Lipinski definition) is 1. The lowest BCUT2D eigenvalue weighted by molar-refractivity contribution is -0.131. The molecule has 0 aliphatic carbocycles. The Morgan fingerprint density at radius 2 is 1.76 bits per heavy atom. The van der Waals surface area contributed by atoms with Gasteiger partial charge in [-0.3, -0.25) is 4.79 Å². The number of amides is 1. The van der Waals surface area contributed by atoms with Crippen LogP contribution >= 0.6 is 11.6 Å². The average Bonchev–Trinajstić information content (AvgIpc) is 2.85. The summed E-state index contributed by atoms with van der Waals surface area (Å²) in [5.74, 6) is 1.86. The maximum atomic E-state index is 12.4. The molecule has 0 spiro atoms. The van der Waals surface area contributed by atoms with E-state index in [2.05, 4.69) is 10.2 Å². The van der Waals surface area contributed by atoms with Crippen LogP contribution in [-0.2, 0) is 11.2 Å². The zero-order chi connectivity index (χ0) is 14.7. The summed E-state index contributed by atoms with van der Waals surface area (Å²) in [4.78, 5) is 14.5. The standard InChI is InChI=1S/C17H23ClN2O/c18-16-4-1-13(2-5-16)3-6-17(21)20-9-7-14-11-19-12-15(14)8-10-20/h1-2,4-5,14-15,19H,3,6-12H2/t14-,15+. The average molecular weight is 307 g/mol. The van der Waals surface area contributed by atoms with Crippen LogP contribution in [0.5, 0.6) is 0 Å². The molecule has 114 valence electrons. The van der Waals surface area contributed by atoms with Gasteiger partial charge in [0.05, 0.1) is 0 Å². The molecule has 0 aromatic heterocycles. The Morgan fingerprint density at radius 3 is 2.38 bits per heavy atom. The fraction of sp³-hybridized carbons (Fsp3) is 0.588. The predicted molar refractivity (Wildman–Crippen MR) is 85.4 cm³/mol. The first-order valence-corrected chi connectivity index (χ1v) is 8.33. The van der Waals surface area contributed by atoms with Gasteiger partial charge < -0.3 is 10.2 Å². The van der Waals surface area contributed by atoms with Gasteiger partial charge in [0.15, 0.2) is 0 Å². The maximum Gasteiger partial charge on any atom is 0.222 e. The lowest BCUT2D eigenvalue weighted by Gasteiger charge is -2.21. The first-order chi connectivity index (χ1) is 10.2. The van der Waals surface area contributed by atoms with Crippen LogP contribution in [0.25, 0.3) is 0 Å². The molecule has 1 N–H and O–H groups in total. The van der Waals surface area contributed by atoms with Crippen molar-refractivity contribution in [2.75, 3.05) is 26.2 Å². The summed E-state index contributed by atoms with van der Waals surface area (Å²) in [6, 6.07) is 7.80. The molecule has 4 heteroatoms. The number of likely N-dealkylation sites (tertiary alicyclic amines) is 1. The molecule has 0 bridgehead atoms. The van der Waals surface area contributed by atoms with E-state index >= 15 is 0 Å². The van der Waals surface area contributed by atoms with E-state index in [-0.39, 0.29) is 0 Å². The van der Waals surface area contributed by atoms with Gasteiger partial charge in [-0.2, -0.15) is 0 Å². The van der Waals surface area contributed by atoms with Gasteiger partial charge in [0.25, 0.3) is 0 Å². The van der Waals surface area contributed by atoms with Crippen LogP contribution in [0.4, 0.5) is 0 Å². The van der Waals surface area contributed by atoms with Crippen molar-refractivity contribution in [3.63, 3.8) is 0 Å². The van der Waals surface area contributed by atoms with Gasteiger partial charge in [-0.1, -0.05) is 23.7 Å². The summed E-state index contributed by atoms with van der Waals surface area (Å²) < 4.78 is 0. The van der Waals surface area contributed by atoms with Crippen LogP contribution in [0.3, 0.4) is 0 Å². The van der Waals surface area contributed by atoms with Crippen molar-refractivity contribution in [2.45, 2.75) is 25.7 Å². The third-order valence-electron chi connectivity index (χ3n) is 4.91. The summed E-state index contributed by atoms with van der Waals surface area (Å²) in [5, 5.41) is 4.22. The monoisotopic (exact) mass is 306 g/mol. The quantitative estimate of drug-likeness (QED) is 0.931. The number of fused-ring (bicyclic) bond motifs is 1. The van der Waals surface area contributed by atoms with Crippen molar-refractivity contribution < 1.29 is 4.79 Å². The van der Waals surface area contributed by atoms with Gasteiger partial charge >= 0.3 is 0 Å². The highest BCUT2D eigenvalue weighted by molar-refractivity contribution is 6.30. The van der Waals surface area contributed by atoms with Crippen molar-refractivity contribution in [1.82, 2.24) is 10.2 Å². The summed E-state index contributed by atoms with van der Waals surface area (Å²) in [5.41, 5.74) is 1.18. The van der Waals surface area contributed by atoms with Gasteiger partial charge in [0.2, 0.25) is 5.91 Å². The highest BCUT2D eigenvalue weighted by Crippen LogP contribution is 2.27. The smallest absolute Gasteiger partial charge is 0.222 e. The molecule has 3 rings (SSSR count). The highest BCUT2D eigenvalue weighted by atomic mass is 35.5. The maximum absolute atomic E-state index is 12.4. The predicted octanol–water partition coefficient (Wildman–Crippen LogP) is 2.73. The summed E-state index contributed by atoms with van der Waals surface area (Å²) in [6.07, 6.45) is 3.73. The Hall–Kier alpha value is -1.06. The van der Waals surface area contributed by atoms with Gasteiger partial charge in [0.1, 0.15) is 0 Å². The SMILES string of the molecule is O=C(CCc1ccc(Cl)cc1)N1CC[C@@H]2CNC[C@@H]2CC1. The third-order valence-corrected chi connectivity index (χ3v) is 5.16. The molecule has 2 aliphatic rings. The lowest BCUT2D eigenvalue weighted by atomic mass is 9.92. The van der Waals surface area contributed by atoms with Crippen LogP contribution < -0.4 is 5.32 Å². The van der Waals surface area contributed by atoms with Gasteiger partial charge in [0, 0.05) is 24.5 Å². The van der Waals surface area contributed by atoms with E-state index in [1.807, 2.05) is 24.3 Å². The van der Waals surface area contributed by atoms with Gasteiger partial charge in [-0.25, -0.2) is 0 Å². The summed E-state index contributed by atoms with van der Waals surface area (Å²) >= 11 is 5.88. The Morgan fingerprint density at radius 1 is 1.14 bits per heavy atom. The highest BCUT2D eigenvalue weighted by Gasteiger charge is 2.31. The molecule has 2 atom stereocenters. The van der Waals surface area contributed by atoms with E-state index in [1.165, 1.54) is 5.56 Å². The second-order valence-corrected chi connectivity index (χ2v) is 6.70. The minimum atomic E-state index is 0.304. The normalized spacial score (nSPS) is 25.5. The van der Waals surface area contributed by atoms with E-state index < -0.39 is 0 Å². The van der Waals surface area contributed by atoms with Crippen LogP contribution in [-0.4, -0.2) is 37.0 Å². The molecule has 2 fully saturated rings. The fourth-order valence-corrected chi connectivity index (χ4v) is 3.65. The molecule has 2 heterocycles. The molecular formula is C17H23ClN2O. The minimum Gasteiger partial charge on any atom is -0.343 e. The molecular weight excluding hydrogens is 284 g/mol. The Labute approximate surface area is 131 Å². The number of carbonyl (C=O) groups is 1.